The van der Waals surface area contributed by atoms with Gasteiger partial charge in [-0.3, -0.25) is 14.4 Å². The highest BCUT2D eigenvalue weighted by atomic mass is 32.1. The number of carbonyl (C=O) groups is 3. The van der Waals surface area contributed by atoms with Gasteiger partial charge in [0.2, 0.25) is 5.91 Å². The lowest BCUT2D eigenvalue weighted by atomic mass is 9.76. The van der Waals surface area contributed by atoms with E-state index in [2.05, 4.69) is 10.6 Å². The average Bonchev–Trinajstić information content (AvgIpc) is 2.97. The van der Waals surface area contributed by atoms with Crippen LogP contribution in [0, 0.1) is 25.7 Å². The third kappa shape index (κ3) is 4.77. The number of nitrogens with one attached hydrogen (secondary N) is 2. The van der Waals surface area contributed by atoms with Crippen molar-refractivity contribution in [1.29, 1.82) is 0 Å². The molecule has 1 saturated carbocycles. The van der Waals surface area contributed by atoms with Gasteiger partial charge in [-0.1, -0.05) is 30.4 Å². The van der Waals surface area contributed by atoms with Crippen LogP contribution < -0.4 is 10.6 Å². The van der Waals surface area contributed by atoms with E-state index in [0.29, 0.717) is 23.4 Å². The van der Waals surface area contributed by atoms with Gasteiger partial charge in [-0.25, -0.2) is 0 Å². The maximum atomic E-state index is 13.1. The summed E-state index contributed by atoms with van der Waals surface area (Å²) >= 11 is 1.38. The Balaban J connectivity index is 1.80. The van der Waals surface area contributed by atoms with Crippen molar-refractivity contribution >= 4 is 34.1 Å². The Kier molecular flexibility index (Phi) is 7.01. The molecule has 0 bridgehead atoms. The molecule has 7 heteroatoms. The summed E-state index contributed by atoms with van der Waals surface area (Å²) in [6.07, 6.45) is 6.26. The molecule has 3 rings (SSSR count). The van der Waals surface area contributed by atoms with E-state index in [1.54, 1.807) is 0 Å². The van der Waals surface area contributed by atoms with Crippen LogP contribution in [0.5, 0.6) is 0 Å². The van der Waals surface area contributed by atoms with Crippen LogP contribution in [0.3, 0.4) is 0 Å². The molecule has 0 radical (unpaired) electrons. The lowest BCUT2D eigenvalue weighted by Crippen LogP contribution is -2.38. The number of allylic oxidation sites excluding steroid dienone is 2. The monoisotopic (exact) mass is 432 g/mol. The molecule has 164 valence electrons. The van der Waals surface area contributed by atoms with Crippen LogP contribution in [0.25, 0.3) is 0 Å². The first kappa shape index (κ1) is 22.5. The molecule has 1 heterocycles. The molecule has 1 fully saturated rings. The van der Waals surface area contributed by atoms with Crippen LogP contribution in [-0.4, -0.2) is 28.9 Å². The number of rotatable bonds is 5. The molecular weight excluding hydrogens is 400 g/mol. The summed E-state index contributed by atoms with van der Waals surface area (Å²) in [4.78, 5) is 38.9. The van der Waals surface area contributed by atoms with E-state index in [1.165, 1.54) is 17.8 Å². The third-order valence-corrected chi connectivity index (χ3v) is 7.83. The van der Waals surface area contributed by atoms with Gasteiger partial charge in [-0.2, -0.15) is 0 Å². The number of carbonyl (C=O) groups excluding carboxylic acids is 2. The largest absolute Gasteiger partial charge is 0.481 e. The van der Waals surface area contributed by atoms with Crippen LogP contribution in [0.2, 0.25) is 0 Å². The Labute approximate surface area is 182 Å². The third-order valence-electron chi connectivity index (χ3n) is 6.71. The van der Waals surface area contributed by atoms with Crippen LogP contribution in [0.1, 0.15) is 79.6 Å². The fraction of sp³-hybridized carbons (Fsp3) is 0.609. The standard InChI is InChI=1S/C23H32N2O4S/c1-12-10-17(18(23(28)29)11-13(12)2)20(26)25-22-19(14(3)15(4)30-22)21(27)24-16-8-6-5-7-9-16/h16-18H,5-11H2,1-4H3,(H,24,27)(H,25,26)(H,28,29). The molecular formula is C23H32N2O4S. The zero-order chi connectivity index (χ0) is 22.0. The van der Waals surface area contributed by atoms with Gasteiger partial charge in [0.25, 0.3) is 5.91 Å². The fourth-order valence-electron chi connectivity index (χ4n) is 4.53. The van der Waals surface area contributed by atoms with E-state index >= 15 is 0 Å². The van der Waals surface area contributed by atoms with Crippen molar-refractivity contribution in [1.82, 2.24) is 5.32 Å². The van der Waals surface area contributed by atoms with E-state index < -0.39 is 17.8 Å². The van der Waals surface area contributed by atoms with Gasteiger partial charge in [0.15, 0.2) is 0 Å². The topological polar surface area (TPSA) is 95.5 Å². The number of amides is 2. The number of aryl methyl sites for hydroxylation is 1. The van der Waals surface area contributed by atoms with Crippen molar-refractivity contribution in [2.24, 2.45) is 11.8 Å². The fourth-order valence-corrected chi connectivity index (χ4v) is 5.59. The lowest BCUT2D eigenvalue weighted by Gasteiger charge is -2.29. The molecule has 2 amide bonds. The number of anilines is 1. The van der Waals surface area contributed by atoms with Gasteiger partial charge in [0.1, 0.15) is 5.00 Å². The van der Waals surface area contributed by atoms with Gasteiger partial charge < -0.3 is 15.7 Å². The summed E-state index contributed by atoms with van der Waals surface area (Å²) in [5.41, 5.74) is 3.50. The van der Waals surface area contributed by atoms with Crippen LogP contribution in [0.4, 0.5) is 5.00 Å². The molecule has 0 spiro atoms. The van der Waals surface area contributed by atoms with Crippen molar-refractivity contribution in [3.8, 4) is 0 Å². The SMILES string of the molecule is CC1=C(C)CC(C(=O)Nc2sc(C)c(C)c2C(=O)NC2CCCCC2)C(C(=O)O)C1. The average molecular weight is 433 g/mol. The molecule has 0 saturated heterocycles. The van der Waals surface area contributed by atoms with Crippen LogP contribution in [-0.2, 0) is 9.59 Å². The quantitative estimate of drug-likeness (QED) is 0.582. The first-order valence-corrected chi connectivity index (χ1v) is 11.6. The highest BCUT2D eigenvalue weighted by Gasteiger charge is 2.38. The Morgan fingerprint density at radius 2 is 1.53 bits per heavy atom. The van der Waals surface area contributed by atoms with Gasteiger partial charge in [-0.05, 0) is 58.9 Å². The van der Waals surface area contributed by atoms with Gasteiger partial charge >= 0.3 is 5.97 Å². The van der Waals surface area contributed by atoms with Crippen LogP contribution in [0.15, 0.2) is 11.1 Å². The van der Waals surface area contributed by atoms with Gasteiger partial charge in [0, 0.05) is 10.9 Å². The Morgan fingerprint density at radius 3 is 2.13 bits per heavy atom. The Hall–Kier alpha value is -2.15. The number of thiophene rings is 1. The van der Waals surface area contributed by atoms with E-state index in [0.717, 1.165) is 47.3 Å². The number of hydrogen-bond donors (Lipinski definition) is 3. The minimum absolute atomic E-state index is 0.149. The molecule has 0 aromatic carbocycles. The van der Waals surface area contributed by atoms with Crippen molar-refractivity contribution in [2.45, 2.75) is 78.7 Å². The molecule has 6 nitrogen and oxygen atoms in total. The minimum atomic E-state index is -0.948. The highest BCUT2D eigenvalue weighted by Crippen LogP contribution is 2.37. The summed E-state index contributed by atoms with van der Waals surface area (Å²) in [6, 6.07) is 0.180. The number of hydrogen-bond acceptors (Lipinski definition) is 4. The second kappa shape index (κ2) is 9.33. The molecule has 1 aromatic heterocycles. The van der Waals surface area contributed by atoms with E-state index in [4.69, 9.17) is 0 Å². The van der Waals surface area contributed by atoms with Crippen molar-refractivity contribution in [3.63, 3.8) is 0 Å². The van der Waals surface area contributed by atoms with Gasteiger partial charge in [0.05, 0.1) is 17.4 Å². The first-order valence-electron chi connectivity index (χ1n) is 10.8. The van der Waals surface area contributed by atoms with Gasteiger partial charge in [-0.15, -0.1) is 11.3 Å². The molecule has 1 aromatic rings. The normalized spacial score (nSPS) is 22.7. The van der Waals surface area contributed by atoms with Crippen molar-refractivity contribution < 1.29 is 19.5 Å². The predicted octanol–water partition coefficient (Wildman–Crippen LogP) is 4.81. The highest BCUT2D eigenvalue weighted by molar-refractivity contribution is 7.16. The molecule has 3 N–H and O–H groups in total. The zero-order valence-corrected chi connectivity index (χ0v) is 19.1. The molecule has 0 aliphatic heterocycles. The lowest BCUT2D eigenvalue weighted by molar-refractivity contribution is -0.146. The van der Waals surface area contributed by atoms with Crippen molar-refractivity contribution in [2.75, 3.05) is 5.32 Å². The van der Waals surface area contributed by atoms with Crippen molar-refractivity contribution in [3.05, 3.63) is 27.2 Å². The second-order valence-electron chi connectivity index (χ2n) is 8.81. The maximum Gasteiger partial charge on any atom is 0.307 e. The molecule has 30 heavy (non-hydrogen) atoms. The summed E-state index contributed by atoms with van der Waals surface area (Å²) in [5, 5.41) is 16.2. The first-order chi connectivity index (χ1) is 14.2. The number of carboxylic acid groups (broad SMARTS) is 1. The predicted molar refractivity (Wildman–Crippen MR) is 119 cm³/mol. The van der Waals surface area contributed by atoms with Crippen LogP contribution >= 0.6 is 11.3 Å². The minimum Gasteiger partial charge on any atom is -0.481 e. The summed E-state index contributed by atoms with van der Waals surface area (Å²) in [7, 11) is 0. The maximum absolute atomic E-state index is 13.1. The Bertz CT molecular complexity index is 880. The molecule has 2 atom stereocenters. The summed E-state index contributed by atoms with van der Waals surface area (Å²) in [5.74, 6) is -2.79. The van der Waals surface area contributed by atoms with E-state index in [9.17, 15) is 19.5 Å². The second-order valence-corrected chi connectivity index (χ2v) is 10.0. The van der Waals surface area contributed by atoms with E-state index in [1.807, 2.05) is 27.7 Å². The molecule has 2 aliphatic carbocycles. The number of aliphatic carboxylic acids is 1. The molecule has 2 aliphatic rings. The smallest absolute Gasteiger partial charge is 0.307 e. The summed E-state index contributed by atoms with van der Waals surface area (Å²) < 4.78 is 0. The summed E-state index contributed by atoms with van der Waals surface area (Å²) in [6.45, 7) is 7.72. The Morgan fingerprint density at radius 1 is 0.933 bits per heavy atom. The number of carboxylic acids is 1. The molecule has 2 unspecified atom stereocenters. The van der Waals surface area contributed by atoms with E-state index in [-0.39, 0.29) is 17.9 Å². The zero-order valence-electron chi connectivity index (χ0n) is 18.3.